The number of rotatable bonds is 5. The fraction of sp³-hybridized carbons (Fsp3) is 0.611. The van der Waals surface area contributed by atoms with Crippen LogP contribution in [-0.2, 0) is 4.79 Å². The molecule has 2 heterocycles. The highest BCUT2D eigenvalue weighted by Gasteiger charge is 2.21. The van der Waals surface area contributed by atoms with Gasteiger partial charge in [0.05, 0.1) is 5.56 Å². The molecule has 0 unspecified atom stereocenters. The second-order valence-electron chi connectivity index (χ2n) is 5.48. The van der Waals surface area contributed by atoms with E-state index in [0.29, 0.717) is 16.0 Å². The van der Waals surface area contributed by atoms with Crippen LogP contribution in [0.15, 0.2) is 17.3 Å². The summed E-state index contributed by atoms with van der Waals surface area (Å²) in [6.07, 6.45) is 7.05. The molecule has 148 valence electrons. The minimum atomic E-state index is 0.0764. The number of anilines is 1. The number of carbonyl (C=O) groups excluding carboxylic acids is 2. The number of nitrogens with one attached hydrogen (secondary N) is 2. The van der Waals surface area contributed by atoms with E-state index in [9.17, 15) is 9.59 Å². The highest BCUT2D eigenvalue weighted by Crippen LogP contribution is 2.29. The largest absolute Gasteiger partial charge is 0.368 e. The quantitative estimate of drug-likeness (QED) is 0.492. The Hall–Kier alpha value is -1.67. The number of halogens is 1. The lowest BCUT2D eigenvalue weighted by Crippen LogP contribution is -2.25. The van der Waals surface area contributed by atoms with E-state index >= 15 is 0 Å². The normalized spacial score (nSPS) is 14.6. The smallest absolute Gasteiger partial charge is 0.245 e. The van der Waals surface area contributed by atoms with Crippen LogP contribution in [-0.4, -0.2) is 54.0 Å². The average Bonchev–Trinajstić information content (AvgIpc) is 3.22. The molecule has 0 radical (unpaired) electrons. The standard InChI is InChI=1S/C8H10BrN3O.C7H11NO.C2H6.CH5N/c9-7-6(4-13)8(12-11-7)10-3-5-1-2-5;1-2-7(9)8-5-3-4-6-8;2*1-2/h4-5H,1-3H2,(H2,10,11,12);2H,1,3-6H2;1-2H3;2H2,1H3. The van der Waals surface area contributed by atoms with E-state index in [2.05, 4.69) is 43.8 Å². The predicted molar refractivity (Wildman–Crippen MR) is 110 cm³/mol. The molecule has 26 heavy (non-hydrogen) atoms. The molecule has 2 aliphatic rings. The first-order valence-electron chi connectivity index (χ1n) is 9.07. The number of H-pyrrole nitrogens is 1. The van der Waals surface area contributed by atoms with Crippen molar-refractivity contribution in [3.63, 3.8) is 0 Å². The fourth-order valence-electron chi connectivity index (χ4n) is 2.20. The van der Waals surface area contributed by atoms with E-state index in [1.54, 1.807) is 0 Å². The second-order valence-corrected chi connectivity index (χ2v) is 6.27. The Kier molecular flexibility index (Phi) is 13.6. The lowest BCUT2D eigenvalue weighted by atomic mass is 10.3. The van der Waals surface area contributed by atoms with Crippen molar-refractivity contribution in [2.24, 2.45) is 11.7 Å². The number of nitrogens with two attached hydrogens (primary N) is 1. The summed E-state index contributed by atoms with van der Waals surface area (Å²) >= 11 is 3.21. The summed E-state index contributed by atoms with van der Waals surface area (Å²) in [6.45, 7) is 10.2. The molecule has 1 aromatic heterocycles. The number of carbonyl (C=O) groups is 2. The monoisotopic (exact) mass is 429 g/mol. The van der Waals surface area contributed by atoms with E-state index in [1.165, 1.54) is 26.0 Å². The predicted octanol–water partition coefficient (Wildman–Crippen LogP) is 3.20. The molecule has 1 amide bonds. The van der Waals surface area contributed by atoms with Crippen molar-refractivity contribution in [2.45, 2.75) is 39.5 Å². The molecule has 3 rings (SSSR count). The van der Waals surface area contributed by atoms with E-state index in [-0.39, 0.29) is 5.91 Å². The summed E-state index contributed by atoms with van der Waals surface area (Å²) in [5.41, 5.74) is 5.07. The van der Waals surface area contributed by atoms with Gasteiger partial charge in [-0.05, 0) is 60.7 Å². The number of aromatic amines is 1. The summed E-state index contributed by atoms with van der Waals surface area (Å²) in [5.74, 6) is 1.50. The molecule has 0 spiro atoms. The zero-order valence-electron chi connectivity index (χ0n) is 16.1. The summed E-state index contributed by atoms with van der Waals surface area (Å²) < 4.78 is 0.640. The van der Waals surface area contributed by atoms with Crippen LogP contribution in [0.3, 0.4) is 0 Å². The maximum Gasteiger partial charge on any atom is 0.245 e. The highest BCUT2D eigenvalue weighted by atomic mass is 79.9. The molecule has 1 aliphatic heterocycles. The third kappa shape index (κ3) is 8.62. The summed E-state index contributed by atoms with van der Waals surface area (Å²) in [6, 6.07) is 0. The van der Waals surface area contributed by atoms with Gasteiger partial charge in [-0.3, -0.25) is 14.7 Å². The molecule has 8 heteroatoms. The van der Waals surface area contributed by atoms with Gasteiger partial charge >= 0.3 is 0 Å². The van der Waals surface area contributed by atoms with Crippen molar-refractivity contribution >= 4 is 33.9 Å². The third-order valence-corrected chi connectivity index (χ3v) is 4.33. The second kappa shape index (κ2) is 14.5. The van der Waals surface area contributed by atoms with Gasteiger partial charge in [-0.15, -0.1) is 0 Å². The zero-order valence-corrected chi connectivity index (χ0v) is 17.6. The molecule has 1 saturated heterocycles. The van der Waals surface area contributed by atoms with Crippen LogP contribution in [0.1, 0.15) is 49.9 Å². The van der Waals surface area contributed by atoms with Crippen molar-refractivity contribution in [3.05, 3.63) is 22.8 Å². The third-order valence-electron chi connectivity index (χ3n) is 3.72. The SMILES string of the molecule is C=CC(=O)N1CCCC1.CC.CN.O=Cc1c(NCC2CC2)n[nH]c1Br. The van der Waals surface area contributed by atoms with Crippen molar-refractivity contribution < 1.29 is 9.59 Å². The van der Waals surface area contributed by atoms with E-state index in [1.807, 2.05) is 18.7 Å². The van der Waals surface area contributed by atoms with Gasteiger partial charge < -0.3 is 16.0 Å². The maximum absolute atomic E-state index is 10.8. The van der Waals surface area contributed by atoms with E-state index in [4.69, 9.17) is 0 Å². The molecular weight excluding hydrogens is 398 g/mol. The Labute approximate surface area is 164 Å². The lowest BCUT2D eigenvalue weighted by molar-refractivity contribution is -0.124. The van der Waals surface area contributed by atoms with Gasteiger partial charge in [-0.25, -0.2) is 0 Å². The van der Waals surface area contributed by atoms with Gasteiger partial charge in [0.25, 0.3) is 0 Å². The molecule has 2 fully saturated rings. The number of hydrogen-bond acceptors (Lipinski definition) is 5. The highest BCUT2D eigenvalue weighted by molar-refractivity contribution is 9.10. The van der Waals surface area contributed by atoms with Crippen molar-refractivity contribution in [2.75, 3.05) is 32.0 Å². The van der Waals surface area contributed by atoms with Crippen LogP contribution in [0, 0.1) is 5.92 Å². The molecule has 1 aromatic rings. The summed E-state index contributed by atoms with van der Waals surface area (Å²) in [4.78, 5) is 23.3. The first kappa shape index (κ1) is 24.3. The summed E-state index contributed by atoms with van der Waals surface area (Å²) in [5, 5.41) is 9.82. The van der Waals surface area contributed by atoms with E-state index in [0.717, 1.165) is 44.7 Å². The van der Waals surface area contributed by atoms with Crippen molar-refractivity contribution in [3.8, 4) is 0 Å². The Morgan fingerprint density at radius 1 is 1.38 bits per heavy atom. The van der Waals surface area contributed by atoms with Crippen molar-refractivity contribution in [1.82, 2.24) is 15.1 Å². The van der Waals surface area contributed by atoms with Gasteiger partial charge in [0, 0.05) is 19.6 Å². The topological polar surface area (TPSA) is 104 Å². The van der Waals surface area contributed by atoms with Crippen LogP contribution in [0.4, 0.5) is 5.82 Å². The summed E-state index contributed by atoms with van der Waals surface area (Å²) in [7, 11) is 1.50. The van der Waals surface area contributed by atoms with Gasteiger partial charge in [0.15, 0.2) is 12.1 Å². The number of amides is 1. The first-order valence-corrected chi connectivity index (χ1v) is 9.87. The molecule has 4 N–H and O–H groups in total. The van der Waals surface area contributed by atoms with Gasteiger partial charge in [0.1, 0.15) is 4.60 Å². The molecule has 0 bridgehead atoms. The number of aromatic nitrogens is 2. The zero-order chi connectivity index (χ0) is 19.9. The maximum atomic E-state index is 10.8. The van der Waals surface area contributed by atoms with Crippen LogP contribution < -0.4 is 11.1 Å². The average molecular weight is 430 g/mol. The van der Waals surface area contributed by atoms with Crippen LogP contribution >= 0.6 is 15.9 Å². The van der Waals surface area contributed by atoms with Gasteiger partial charge in [0.2, 0.25) is 5.91 Å². The molecule has 7 nitrogen and oxygen atoms in total. The molecule has 0 aromatic carbocycles. The molecule has 0 atom stereocenters. The number of likely N-dealkylation sites (tertiary alicyclic amines) is 1. The number of aldehydes is 1. The van der Waals surface area contributed by atoms with E-state index < -0.39 is 0 Å². The Morgan fingerprint density at radius 2 is 1.96 bits per heavy atom. The van der Waals surface area contributed by atoms with Crippen LogP contribution in [0.25, 0.3) is 0 Å². The van der Waals surface area contributed by atoms with Gasteiger partial charge in [-0.1, -0.05) is 20.4 Å². The molecule has 1 aliphatic carbocycles. The minimum absolute atomic E-state index is 0.0764. The lowest BCUT2D eigenvalue weighted by Gasteiger charge is -2.10. The van der Waals surface area contributed by atoms with Crippen LogP contribution in [0.5, 0.6) is 0 Å². The number of nitrogens with zero attached hydrogens (tertiary/aromatic N) is 2. The van der Waals surface area contributed by atoms with Crippen molar-refractivity contribution in [1.29, 1.82) is 0 Å². The number of hydrogen-bond donors (Lipinski definition) is 3. The Morgan fingerprint density at radius 3 is 2.42 bits per heavy atom. The minimum Gasteiger partial charge on any atom is -0.368 e. The molecule has 1 saturated carbocycles. The Balaban J connectivity index is 0.000000422. The molecular formula is C18H32BrN5O2. The van der Waals surface area contributed by atoms with Gasteiger partial charge in [-0.2, -0.15) is 5.10 Å². The Bertz CT molecular complexity index is 538. The first-order chi connectivity index (χ1) is 12.7. The fourth-order valence-corrected chi connectivity index (χ4v) is 2.57. The van der Waals surface area contributed by atoms with Crippen LogP contribution in [0.2, 0.25) is 0 Å².